The van der Waals surface area contributed by atoms with Crippen LogP contribution in [0.25, 0.3) is 0 Å². The Bertz CT molecular complexity index is 797. The molecule has 0 radical (unpaired) electrons. The summed E-state index contributed by atoms with van der Waals surface area (Å²) < 4.78 is 15.8. The maximum Gasteiger partial charge on any atom is 0.335 e. The zero-order valence-electron chi connectivity index (χ0n) is 16.2. The molecule has 0 fully saturated rings. The summed E-state index contributed by atoms with van der Waals surface area (Å²) in [5, 5.41) is 2.83. The topological polar surface area (TPSA) is 73.9 Å². The zero-order chi connectivity index (χ0) is 20.4. The molecular formula is C22H25NO5. The number of rotatable bonds is 10. The Kier molecular flexibility index (Phi) is 8.09. The van der Waals surface area contributed by atoms with Crippen LogP contribution >= 0.6 is 0 Å². The fourth-order valence-electron chi connectivity index (χ4n) is 2.15. The minimum Gasteiger partial charge on any atom is -0.494 e. The number of anilines is 1. The average Bonchev–Trinajstić information content (AvgIpc) is 2.70. The summed E-state index contributed by atoms with van der Waals surface area (Å²) in [5.74, 6) is 0.512. The number of amides is 1. The van der Waals surface area contributed by atoms with Gasteiger partial charge in [-0.2, -0.15) is 0 Å². The van der Waals surface area contributed by atoms with Crippen molar-refractivity contribution in [1.29, 1.82) is 0 Å². The molecule has 0 aliphatic heterocycles. The Morgan fingerprint density at radius 2 is 1.57 bits per heavy atom. The number of carbonyl (C=O) groups excluding carboxylic acids is 2. The third-order valence-electron chi connectivity index (χ3n) is 3.76. The Morgan fingerprint density at radius 3 is 2.18 bits per heavy atom. The Labute approximate surface area is 165 Å². The molecule has 0 aromatic heterocycles. The van der Waals surface area contributed by atoms with E-state index in [1.807, 2.05) is 12.1 Å². The second-order valence-corrected chi connectivity index (χ2v) is 6.18. The third-order valence-corrected chi connectivity index (χ3v) is 3.76. The van der Waals surface area contributed by atoms with Crippen molar-refractivity contribution in [3.8, 4) is 11.5 Å². The molecule has 2 rings (SSSR count). The quantitative estimate of drug-likeness (QED) is 0.281. The van der Waals surface area contributed by atoms with Crippen molar-refractivity contribution in [2.75, 3.05) is 18.7 Å². The number of hydrogen-bond acceptors (Lipinski definition) is 5. The smallest absolute Gasteiger partial charge is 0.335 e. The highest BCUT2D eigenvalue weighted by Crippen LogP contribution is 2.18. The maximum atomic E-state index is 12.3. The van der Waals surface area contributed by atoms with Crippen LogP contribution in [0.3, 0.4) is 0 Å². The van der Waals surface area contributed by atoms with E-state index in [9.17, 15) is 9.59 Å². The fraction of sp³-hybridized carbons (Fsp3) is 0.273. The molecule has 28 heavy (non-hydrogen) atoms. The normalized spacial score (nSPS) is 10.1. The lowest BCUT2D eigenvalue weighted by Gasteiger charge is -2.09. The van der Waals surface area contributed by atoms with E-state index in [1.165, 1.54) is 0 Å². The van der Waals surface area contributed by atoms with E-state index in [-0.39, 0.29) is 12.7 Å². The number of nitrogens with one attached hydrogen (secondary N) is 1. The second kappa shape index (κ2) is 10.8. The SMILES string of the molecule is C=C(C)C(=O)OCOc1ccc(C(=O)Nc2ccc(OCCCC)cc2)cc1. The van der Waals surface area contributed by atoms with Crippen LogP contribution in [0.5, 0.6) is 11.5 Å². The highest BCUT2D eigenvalue weighted by Gasteiger charge is 2.07. The standard InChI is InChI=1S/C22H25NO5/c1-4-5-14-26-19-12-8-18(9-13-19)23-21(24)17-6-10-20(11-7-17)27-15-28-22(25)16(2)3/h6-13H,2,4-5,14-15H2,1,3H3,(H,23,24). The third kappa shape index (κ3) is 6.79. The van der Waals surface area contributed by atoms with E-state index in [2.05, 4.69) is 18.8 Å². The largest absolute Gasteiger partial charge is 0.494 e. The van der Waals surface area contributed by atoms with Crippen molar-refractivity contribution in [3.05, 3.63) is 66.2 Å². The molecule has 0 saturated carbocycles. The van der Waals surface area contributed by atoms with E-state index in [0.717, 1.165) is 18.6 Å². The number of benzene rings is 2. The number of ether oxygens (including phenoxy) is 3. The molecule has 0 atom stereocenters. The zero-order valence-corrected chi connectivity index (χ0v) is 16.2. The first-order chi connectivity index (χ1) is 13.5. The van der Waals surface area contributed by atoms with Crippen molar-refractivity contribution in [2.24, 2.45) is 0 Å². The minimum absolute atomic E-state index is 0.218. The molecule has 2 aromatic rings. The number of unbranched alkanes of at least 4 members (excludes halogenated alkanes) is 1. The number of esters is 1. The van der Waals surface area contributed by atoms with Crippen LogP contribution in [0.4, 0.5) is 5.69 Å². The Balaban J connectivity index is 1.83. The molecule has 6 nitrogen and oxygen atoms in total. The van der Waals surface area contributed by atoms with Crippen LogP contribution in [-0.4, -0.2) is 25.3 Å². The van der Waals surface area contributed by atoms with Gasteiger partial charge in [0.15, 0.2) is 0 Å². The van der Waals surface area contributed by atoms with Gasteiger partial charge in [0.05, 0.1) is 6.61 Å². The van der Waals surface area contributed by atoms with E-state index in [1.54, 1.807) is 43.3 Å². The monoisotopic (exact) mass is 383 g/mol. The van der Waals surface area contributed by atoms with Gasteiger partial charge in [-0.05, 0) is 61.9 Å². The molecule has 0 heterocycles. The summed E-state index contributed by atoms with van der Waals surface area (Å²) in [6, 6.07) is 13.8. The lowest BCUT2D eigenvalue weighted by molar-refractivity contribution is -0.145. The van der Waals surface area contributed by atoms with Gasteiger partial charge in [-0.15, -0.1) is 0 Å². The van der Waals surface area contributed by atoms with Crippen molar-refractivity contribution in [3.63, 3.8) is 0 Å². The van der Waals surface area contributed by atoms with Crippen molar-refractivity contribution in [1.82, 2.24) is 0 Å². The summed E-state index contributed by atoms with van der Waals surface area (Å²) in [5.41, 5.74) is 1.46. The lowest BCUT2D eigenvalue weighted by Crippen LogP contribution is -2.12. The maximum absolute atomic E-state index is 12.3. The van der Waals surface area contributed by atoms with Gasteiger partial charge >= 0.3 is 5.97 Å². The Hall–Kier alpha value is -3.28. The van der Waals surface area contributed by atoms with Gasteiger partial charge in [-0.3, -0.25) is 4.79 Å². The second-order valence-electron chi connectivity index (χ2n) is 6.18. The first-order valence-corrected chi connectivity index (χ1v) is 9.09. The molecule has 6 heteroatoms. The summed E-state index contributed by atoms with van der Waals surface area (Å²) in [6.45, 7) is 7.62. The predicted octanol–water partition coefficient (Wildman–Crippen LogP) is 4.57. The molecule has 0 aliphatic rings. The molecular weight excluding hydrogens is 358 g/mol. The molecule has 0 saturated heterocycles. The van der Waals surface area contributed by atoms with Crippen LogP contribution in [0.1, 0.15) is 37.0 Å². The summed E-state index contributed by atoms with van der Waals surface area (Å²) in [7, 11) is 0. The van der Waals surface area contributed by atoms with Gasteiger partial charge in [-0.25, -0.2) is 4.79 Å². The van der Waals surface area contributed by atoms with Gasteiger partial charge in [0, 0.05) is 16.8 Å². The Morgan fingerprint density at radius 1 is 0.964 bits per heavy atom. The van der Waals surface area contributed by atoms with E-state index in [4.69, 9.17) is 14.2 Å². The molecule has 0 unspecified atom stereocenters. The first-order valence-electron chi connectivity index (χ1n) is 9.09. The van der Waals surface area contributed by atoms with Gasteiger partial charge in [-0.1, -0.05) is 19.9 Å². The molecule has 2 aromatic carbocycles. The van der Waals surface area contributed by atoms with Crippen molar-refractivity contribution < 1.29 is 23.8 Å². The molecule has 0 aliphatic carbocycles. The van der Waals surface area contributed by atoms with E-state index in [0.29, 0.717) is 29.2 Å². The molecule has 0 bridgehead atoms. The van der Waals surface area contributed by atoms with Gasteiger partial charge in [0.2, 0.25) is 6.79 Å². The van der Waals surface area contributed by atoms with E-state index < -0.39 is 5.97 Å². The van der Waals surface area contributed by atoms with Crippen LogP contribution in [0.2, 0.25) is 0 Å². The molecule has 148 valence electrons. The number of carbonyl (C=O) groups is 2. The van der Waals surface area contributed by atoms with Crippen molar-refractivity contribution in [2.45, 2.75) is 26.7 Å². The highest BCUT2D eigenvalue weighted by atomic mass is 16.7. The summed E-state index contributed by atoms with van der Waals surface area (Å²) in [6.07, 6.45) is 2.09. The van der Waals surface area contributed by atoms with Crippen LogP contribution in [0, 0.1) is 0 Å². The van der Waals surface area contributed by atoms with Gasteiger partial charge in [0.25, 0.3) is 5.91 Å². The van der Waals surface area contributed by atoms with Crippen molar-refractivity contribution >= 4 is 17.6 Å². The average molecular weight is 383 g/mol. The molecule has 1 N–H and O–H groups in total. The molecule has 1 amide bonds. The van der Waals surface area contributed by atoms with Crippen LogP contribution in [-0.2, 0) is 9.53 Å². The highest BCUT2D eigenvalue weighted by molar-refractivity contribution is 6.04. The minimum atomic E-state index is -0.516. The lowest BCUT2D eigenvalue weighted by atomic mass is 10.2. The fourth-order valence-corrected chi connectivity index (χ4v) is 2.15. The predicted molar refractivity (Wildman–Crippen MR) is 108 cm³/mol. The first kappa shape index (κ1) is 21.0. The summed E-state index contributed by atoms with van der Waals surface area (Å²) in [4.78, 5) is 23.6. The van der Waals surface area contributed by atoms with Gasteiger partial charge in [0.1, 0.15) is 11.5 Å². The number of hydrogen-bond donors (Lipinski definition) is 1. The van der Waals surface area contributed by atoms with Crippen LogP contribution in [0.15, 0.2) is 60.7 Å². The van der Waals surface area contributed by atoms with Crippen LogP contribution < -0.4 is 14.8 Å². The van der Waals surface area contributed by atoms with E-state index >= 15 is 0 Å². The summed E-state index contributed by atoms with van der Waals surface area (Å²) >= 11 is 0. The molecule has 0 spiro atoms. The van der Waals surface area contributed by atoms with Gasteiger partial charge < -0.3 is 19.5 Å².